The summed E-state index contributed by atoms with van der Waals surface area (Å²) in [6.45, 7) is 1.28. The molecule has 28 heavy (non-hydrogen) atoms. The summed E-state index contributed by atoms with van der Waals surface area (Å²) < 4.78 is 41.0. The Bertz CT molecular complexity index is 741. The van der Waals surface area contributed by atoms with Gasteiger partial charge in [-0.05, 0) is 19.3 Å². The second-order valence-corrected chi connectivity index (χ2v) is 8.06. The number of anilines is 1. The molecular formula is C18H24F3N5O2. The highest BCUT2D eigenvalue weighted by Crippen LogP contribution is 2.46. The van der Waals surface area contributed by atoms with Crippen LogP contribution in [0.25, 0.3) is 0 Å². The molecule has 1 unspecified atom stereocenters. The highest BCUT2D eigenvalue weighted by atomic mass is 19.4. The Morgan fingerprint density at radius 2 is 1.96 bits per heavy atom. The fourth-order valence-electron chi connectivity index (χ4n) is 3.97. The lowest BCUT2D eigenvalue weighted by Gasteiger charge is -2.41. The average Bonchev–Trinajstić information content (AvgIpc) is 3.40. The number of alkyl halides is 3. The maximum Gasteiger partial charge on any atom is 0.396 e. The molecule has 0 radical (unpaired) electrons. The SMILES string of the molecule is O=C1CCC(CC(=O)N2CCN(c3cc(C4CC4)[nH]n3)CC2)(C(F)(F)F)CN1. The lowest BCUT2D eigenvalue weighted by Crippen LogP contribution is -2.55. The fraction of sp³-hybridized carbons (Fsp3) is 0.722. The van der Waals surface area contributed by atoms with Crippen molar-refractivity contribution in [3.63, 3.8) is 0 Å². The van der Waals surface area contributed by atoms with Crippen LogP contribution in [0, 0.1) is 5.41 Å². The minimum absolute atomic E-state index is 0.205. The Hall–Kier alpha value is -2.26. The average molecular weight is 399 g/mol. The van der Waals surface area contributed by atoms with Crippen molar-refractivity contribution in [3.05, 3.63) is 11.8 Å². The second-order valence-electron chi connectivity index (χ2n) is 8.06. The van der Waals surface area contributed by atoms with E-state index in [1.165, 1.54) is 17.7 Å². The van der Waals surface area contributed by atoms with Crippen LogP contribution >= 0.6 is 0 Å². The number of nitrogens with zero attached hydrogens (tertiary/aromatic N) is 3. The van der Waals surface area contributed by atoms with E-state index in [1.807, 2.05) is 11.0 Å². The second kappa shape index (κ2) is 6.97. The van der Waals surface area contributed by atoms with Crippen molar-refractivity contribution in [1.82, 2.24) is 20.4 Å². The van der Waals surface area contributed by atoms with Gasteiger partial charge in [0.25, 0.3) is 0 Å². The van der Waals surface area contributed by atoms with Crippen LogP contribution in [0.3, 0.4) is 0 Å². The summed E-state index contributed by atoms with van der Waals surface area (Å²) in [7, 11) is 0. The first-order chi connectivity index (χ1) is 13.3. The van der Waals surface area contributed by atoms with Gasteiger partial charge in [0.05, 0.1) is 5.41 Å². The van der Waals surface area contributed by atoms with Crippen molar-refractivity contribution >= 4 is 17.6 Å². The largest absolute Gasteiger partial charge is 0.396 e. The van der Waals surface area contributed by atoms with Crippen LogP contribution in [0.15, 0.2) is 6.07 Å². The number of amides is 2. The van der Waals surface area contributed by atoms with Crippen molar-refractivity contribution in [1.29, 1.82) is 0 Å². The lowest BCUT2D eigenvalue weighted by atomic mass is 9.76. The van der Waals surface area contributed by atoms with E-state index < -0.39 is 36.4 Å². The van der Waals surface area contributed by atoms with Crippen molar-refractivity contribution in [3.8, 4) is 0 Å². The first-order valence-corrected chi connectivity index (χ1v) is 9.69. The number of aromatic amines is 1. The van der Waals surface area contributed by atoms with Crippen LogP contribution in [-0.4, -0.2) is 65.8 Å². The third-order valence-electron chi connectivity index (χ3n) is 6.10. The molecule has 1 aromatic rings. The van der Waals surface area contributed by atoms with Crippen LogP contribution < -0.4 is 10.2 Å². The number of hydrogen-bond donors (Lipinski definition) is 2. The Balaban J connectivity index is 1.35. The standard InChI is InChI=1S/C18H24F3N5O2/c19-18(20,21)17(4-3-15(27)22-11-17)10-16(28)26-7-5-25(6-8-26)14-9-13(23-24-14)12-1-2-12/h9,12H,1-8,10-11H2,(H,22,27)(H,23,24). The van der Waals surface area contributed by atoms with Crippen molar-refractivity contribution in [2.24, 2.45) is 5.41 Å². The molecule has 3 fully saturated rings. The molecule has 3 aliphatic rings. The molecule has 1 aromatic heterocycles. The molecule has 2 amide bonds. The normalized spacial score (nSPS) is 26.3. The molecular weight excluding hydrogens is 375 g/mol. The van der Waals surface area contributed by atoms with E-state index in [4.69, 9.17) is 0 Å². The first kappa shape index (κ1) is 19.1. The fourth-order valence-corrected chi connectivity index (χ4v) is 3.97. The molecule has 0 spiro atoms. The maximum absolute atomic E-state index is 13.7. The van der Waals surface area contributed by atoms with Crippen LogP contribution in [0.5, 0.6) is 0 Å². The number of carbonyl (C=O) groups excluding carboxylic acids is 2. The molecule has 2 saturated heterocycles. The molecule has 7 nitrogen and oxygen atoms in total. The van der Waals surface area contributed by atoms with Gasteiger partial charge in [-0.15, -0.1) is 0 Å². The summed E-state index contributed by atoms with van der Waals surface area (Å²) >= 11 is 0. The molecule has 0 aromatic carbocycles. The van der Waals surface area contributed by atoms with E-state index in [0.29, 0.717) is 32.1 Å². The van der Waals surface area contributed by atoms with Gasteiger partial charge in [-0.1, -0.05) is 0 Å². The Morgan fingerprint density at radius 1 is 1.25 bits per heavy atom. The van der Waals surface area contributed by atoms with Gasteiger partial charge < -0.3 is 15.1 Å². The van der Waals surface area contributed by atoms with Crippen LogP contribution in [0.4, 0.5) is 19.0 Å². The summed E-state index contributed by atoms with van der Waals surface area (Å²) in [5, 5.41) is 9.65. The monoisotopic (exact) mass is 399 g/mol. The molecule has 10 heteroatoms. The maximum atomic E-state index is 13.7. The van der Waals surface area contributed by atoms with E-state index in [1.54, 1.807) is 0 Å². The Morgan fingerprint density at radius 3 is 2.54 bits per heavy atom. The summed E-state index contributed by atoms with van der Waals surface area (Å²) in [5.41, 5.74) is -1.05. The van der Waals surface area contributed by atoms with E-state index in [2.05, 4.69) is 15.5 Å². The zero-order valence-corrected chi connectivity index (χ0v) is 15.5. The number of piperidine rings is 1. The highest BCUT2D eigenvalue weighted by Gasteiger charge is 2.57. The van der Waals surface area contributed by atoms with Gasteiger partial charge in [-0.2, -0.15) is 18.3 Å². The molecule has 2 N–H and O–H groups in total. The van der Waals surface area contributed by atoms with Gasteiger partial charge >= 0.3 is 6.18 Å². The summed E-state index contributed by atoms with van der Waals surface area (Å²) in [6, 6.07) is 2.03. The molecule has 4 rings (SSSR count). The van der Waals surface area contributed by atoms with Crippen LogP contribution in [0.1, 0.15) is 43.7 Å². The number of carbonyl (C=O) groups is 2. The first-order valence-electron chi connectivity index (χ1n) is 9.69. The number of rotatable bonds is 4. The van der Waals surface area contributed by atoms with Gasteiger partial charge in [0.1, 0.15) is 0 Å². The summed E-state index contributed by atoms with van der Waals surface area (Å²) in [6.07, 6.45) is -3.36. The van der Waals surface area contributed by atoms with E-state index >= 15 is 0 Å². The highest BCUT2D eigenvalue weighted by molar-refractivity contribution is 5.80. The molecule has 1 saturated carbocycles. The number of aromatic nitrogens is 2. The van der Waals surface area contributed by atoms with Crippen molar-refractivity contribution < 1.29 is 22.8 Å². The van der Waals surface area contributed by atoms with Gasteiger partial charge in [0.15, 0.2) is 5.82 Å². The predicted molar refractivity (Wildman–Crippen MR) is 94.7 cm³/mol. The molecule has 2 aliphatic heterocycles. The minimum Gasteiger partial charge on any atom is -0.355 e. The molecule has 1 atom stereocenters. The van der Waals surface area contributed by atoms with E-state index in [-0.39, 0.29) is 12.8 Å². The number of nitrogens with one attached hydrogen (secondary N) is 2. The van der Waals surface area contributed by atoms with Gasteiger partial charge in [0.2, 0.25) is 11.8 Å². The number of piperazine rings is 1. The smallest absolute Gasteiger partial charge is 0.355 e. The topological polar surface area (TPSA) is 81.3 Å². The zero-order valence-electron chi connectivity index (χ0n) is 15.5. The number of hydrogen-bond acceptors (Lipinski definition) is 4. The minimum atomic E-state index is -4.54. The third kappa shape index (κ3) is 3.68. The predicted octanol–water partition coefficient (Wildman–Crippen LogP) is 1.78. The van der Waals surface area contributed by atoms with Gasteiger partial charge in [-0.3, -0.25) is 14.7 Å². The molecule has 0 bridgehead atoms. The Kier molecular flexibility index (Phi) is 4.75. The Labute approximate surface area is 160 Å². The summed E-state index contributed by atoms with van der Waals surface area (Å²) in [4.78, 5) is 27.5. The quantitative estimate of drug-likeness (QED) is 0.809. The third-order valence-corrected chi connectivity index (χ3v) is 6.10. The van der Waals surface area contributed by atoms with Gasteiger partial charge in [0, 0.05) is 63.2 Å². The number of H-pyrrole nitrogens is 1. The molecule has 1 aliphatic carbocycles. The van der Waals surface area contributed by atoms with Crippen LogP contribution in [-0.2, 0) is 9.59 Å². The van der Waals surface area contributed by atoms with Crippen molar-refractivity contribution in [2.45, 2.75) is 44.2 Å². The summed E-state index contributed by atoms with van der Waals surface area (Å²) in [5.74, 6) is 0.494. The molecule has 154 valence electrons. The van der Waals surface area contributed by atoms with Gasteiger partial charge in [-0.25, -0.2) is 0 Å². The van der Waals surface area contributed by atoms with E-state index in [9.17, 15) is 22.8 Å². The van der Waals surface area contributed by atoms with E-state index in [0.717, 1.165) is 11.5 Å². The zero-order chi connectivity index (χ0) is 19.9. The van der Waals surface area contributed by atoms with Crippen molar-refractivity contribution in [2.75, 3.05) is 37.6 Å². The van der Waals surface area contributed by atoms with Crippen LogP contribution in [0.2, 0.25) is 0 Å². The lowest BCUT2D eigenvalue weighted by molar-refractivity contribution is -0.232. The molecule has 3 heterocycles. The number of halogens is 3.